The maximum atomic E-state index is 6.12. The van der Waals surface area contributed by atoms with Crippen molar-refractivity contribution in [3.63, 3.8) is 0 Å². The number of nitrogens with zero attached hydrogens (tertiary/aromatic N) is 1. The smallest absolute Gasteiger partial charge is 0.138 e. The minimum absolute atomic E-state index is 0. The van der Waals surface area contributed by atoms with E-state index in [0.717, 1.165) is 17.4 Å². The van der Waals surface area contributed by atoms with Crippen LogP contribution in [0, 0.1) is 0 Å². The van der Waals surface area contributed by atoms with E-state index >= 15 is 0 Å². The van der Waals surface area contributed by atoms with Crippen LogP contribution < -0.4 is 4.74 Å². The molecule has 1 aliphatic rings. The monoisotopic (exact) mass is 383 g/mol. The van der Waals surface area contributed by atoms with Crippen LogP contribution in [0.3, 0.4) is 0 Å². The van der Waals surface area contributed by atoms with Gasteiger partial charge in [0.1, 0.15) is 11.9 Å². The van der Waals surface area contributed by atoms with Crippen molar-refractivity contribution < 1.29 is 4.74 Å². The van der Waals surface area contributed by atoms with E-state index in [1.807, 2.05) is 12.1 Å². The van der Waals surface area contributed by atoms with Gasteiger partial charge in [0.2, 0.25) is 0 Å². The number of fused-ring (bicyclic) bond motifs is 1. The predicted octanol–water partition coefficient (Wildman–Crippen LogP) is 5.70. The Bertz CT molecular complexity index is 646. The van der Waals surface area contributed by atoms with Crippen molar-refractivity contribution >= 4 is 58.5 Å². The number of benzene rings is 1. The Hall–Kier alpha value is -0.160. The van der Waals surface area contributed by atoms with E-state index in [4.69, 9.17) is 39.5 Å². The lowest BCUT2D eigenvalue weighted by Crippen LogP contribution is -2.31. The fourth-order valence-corrected chi connectivity index (χ4v) is 4.01. The van der Waals surface area contributed by atoms with Crippen LogP contribution in [0.25, 0.3) is 0 Å². The van der Waals surface area contributed by atoms with E-state index in [1.54, 1.807) is 23.5 Å². The van der Waals surface area contributed by atoms with E-state index < -0.39 is 0 Å². The number of hydrogen-bond acceptors (Lipinski definition) is 3. The maximum absolute atomic E-state index is 6.12. The summed E-state index contributed by atoms with van der Waals surface area (Å²) in [7, 11) is 2.07. The van der Waals surface area contributed by atoms with Crippen LogP contribution in [0.1, 0.15) is 16.5 Å². The second-order valence-corrected chi connectivity index (χ2v) is 7.39. The summed E-state index contributed by atoms with van der Waals surface area (Å²) in [6.45, 7) is 1.73. The molecule has 0 saturated heterocycles. The Morgan fingerprint density at radius 3 is 2.67 bits per heavy atom. The lowest BCUT2D eigenvalue weighted by atomic mass is 10.1. The van der Waals surface area contributed by atoms with Gasteiger partial charge in [0.15, 0.2) is 0 Å². The number of halogens is 4. The number of hydrogen-bond donors (Lipinski definition) is 0. The zero-order valence-corrected chi connectivity index (χ0v) is 15.0. The summed E-state index contributed by atoms with van der Waals surface area (Å²) in [6.07, 6.45) is -0.0373. The molecule has 2 aromatic rings. The maximum Gasteiger partial charge on any atom is 0.138 e. The molecule has 1 aromatic heterocycles. The van der Waals surface area contributed by atoms with Crippen LogP contribution in [-0.2, 0) is 6.54 Å². The highest BCUT2D eigenvalue weighted by molar-refractivity contribution is 7.16. The fraction of sp³-hybridized carbons (Fsp3) is 0.286. The van der Waals surface area contributed by atoms with Gasteiger partial charge >= 0.3 is 0 Å². The highest BCUT2D eigenvalue weighted by Crippen LogP contribution is 2.38. The summed E-state index contributed by atoms with van der Waals surface area (Å²) in [4.78, 5) is 3.48. The van der Waals surface area contributed by atoms with Gasteiger partial charge in [0, 0.05) is 29.6 Å². The van der Waals surface area contributed by atoms with E-state index in [0.29, 0.717) is 15.8 Å². The van der Waals surface area contributed by atoms with Crippen molar-refractivity contribution in [2.24, 2.45) is 0 Å². The molecule has 1 atom stereocenters. The SMILES string of the molecule is CN1Cc2sc(Cl)cc2C(Oc2ccc(Cl)c(Cl)c2)C1.Cl. The average Bonchev–Trinajstić information content (AvgIpc) is 2.74. The largest absolute Gasteiger partial charge is 0.484 e. The summed E-state index contributed by atoms with van der Waals surface area (Å²) < 4.78 is 6.86. The molecular weight excluding hydrogens is 372 g/mol. The lowest BCUT2D eigenvalue weighted by molar-refractivity contribution is 0.131. The van der Waals surface area contributed by atoms with Crippen LogP contribution >= 0.6 is 58.5 Å². The molecule has 0 spiro atoms. The zero-order valence-electron chi connectivity index (χ0n) is 11.1. The molecule has 1 aromatic carbocycles. The van der Waals surface area contributed by atoms with Crippen molar-refractivity contribution in [1.29, 1.82) is 0 Å². The van der Waals surface area contributed by atoms with Crippen LogP contribution in [0.15, 0.2) is 24.3 Å². The summed E-state index contributed by atoms with van der Waals surface area (Å²) in [6, 6.07) is 7.31. The molecule has 21 heavy (non-hydrogen) atoms. The Balaban J connectivity index is 0.00000161. The molecule has 2 nitrogen and oxygen atoms in total. The molecule has 0 amide bonds. The van der Waals surface area contributed by atoms with Crippen LogP contribution in [-0.4, -0.2) is 18.5 Å². The molecule has 0 aliphatic carbocycles. The summed E-state index contributed by atoms with van der Waals surface area (Å²) in [5, 5.41) is 1.02. The normalized spacial score (nSPS) is 18.0. The summed E-state index contributed by atoms with van der Waals surface area (Å²) in [5.41, 5.74) is 1.17. The summed E-state index contributed by atoms with van der Waals surface area (Å²) in [5.74, 6) is 0.716. The molecule has 2 heterocycles. The lowest BCUT2D eigenvalue weighted by Gasteiger charge is -2.30. The Morgan fingerprint density at radius 1 is 1.19 bits per heavy atom. The van der Waals surface area contributed by atoms with E-state index in [2.05, 4.69) is 11.9 Å². The third-order valence-corrected chi connectivity index (χ3v) is 5.22. The number of likely N-dealkylation sites (N-methyl/N-ethyl adjacent to an activating group) is 1. The zero-order chi connectivity index (χ0) is 14.3. The van der Waals surface area contributed by atoms with Crippen LogP contribution in [0.2, 0.25) is 14.4 Å². The first-order valence-electron chi connectivity index (χ1n) is 6.11. The highest BCUT2D eigenvalue weighted by Gasteiger charge is 2.27. The van der Waals surface area contributed by atoms with Gasteiger partial charge in [0.05, 0.1) is 14.4 Å². The topological polar surface area (TPSA) is 12.5 Å². The molecule has 0 N–H and O–H groups in total. The van der Waals surface area contributed by atoms with Crippen molar-refractivity contribution in [3.8, 4) is 5.75 Å². The fourth-order valence-electron chi connectivity index (χ4n) is 2.31. The number of thiophene rings is 1. The van der Waals surface area contributed by atoms with Gasteiger partial charge in [-0.1, -0.05) is 34.8 Å². The highest BCUT2D eigenvalue weighted by atomic mass is 35.5. The molecule has 114 valence electrons. The van der Waals surface area contributed by atoms with Gasteiger partial charge < -0.3 is 4.74 Å². The first kappa shape index (κ1) is 17.2. The Morgan fingerprint density at radius 2 is 1.95 bits per heavy atom. The molecule has 7 heteroatoms. The third kappa shape index (κ3) is 3.79. The quantitative estimate of drug-likeness (QED) is 0.658. The van der Waals surface area contributed by atoms with Crippen molar-refractivity contribution in [1.82, 2.24) is 4.90 Å². The number of rotatable bonds is 2. The Kier molecular flexibility index (Phi) is 5.69. The first-order valence-corrected chi connectivity index (χ1v) is 8.06. The van der Waals surface area contributed by atoms with Gasteiger partial charge in [-0.25, -0.2) is 0 Å². The van der Waals surface area contributed by atoms with Gasteiger partial charge in [-0.05, 0) is 25.2 Å². The molecular formula is C14H13Cl4NOS. The summed E-state index contributed by atoms with van der Waals surface area (Å²) >= 11 is 19.7. The van der Waals surface area contributed by atoms with Gasteiger partial charge in [0.25, 0.3) is 0 Å². The van der Waals surface area contributed by atoms with Crippen molar-refractivity contribution in [2.45, 2.75) is 12.6 Å². The molecule has 0 saturated carbocycles. The minimum atomic E-state index is -0.0373. The second-order valence-electron chi connectivity index (χ2n) is 4.81. The average molecular weight is 385 g/mol. The third-order valence-electron chi connectivity index (χ3n) is 3.22. The Labute approximate surface area is 149 Å². The standard InChI is InChI=1S/C14H12Cl3NOS.ClH/c1-18-6-12(9-5-14(17)20-13(9)7-18)19-8-2-3-10(15)11(16)4-8;/h2-5,12H,6-7H2,1H3;1H. The predicted molar refractivity (Wildman–Crippen MR) is 92.7 cm³/mol. The molecule has 1 unspecified atom stereocenters. The van der Waals surface area contributed by atoms with E-state index in [9.17, 15) is 0 Å². The van der Waals surface area contributed by atoms with Gasteiger partial charge in [-0.3, -0.25) is 4.90 Å². The van der Waals surface area contributed by atoms with Gasteiger partial charge in [-0.15, -0.1) is 23.7 Å². The van der Waals surface area contributed by atoms with E-state index in [1.165, 1.54) is 10.4 Å². The molecule has 0 radical (unpaired) electrons. The van der Waals surface area contributed by atoms with Crippen molar-refractivity contribution in [2.75, 3.05) is 13.6 Å². The molecule has 3 rings (SSSR count). The van der Waals surface area contributed by atoms with Gasteiger partial charge in [-0.2, -0.15) is 0 Å². The first-order chi connectivity index (χ1) is 9.52. The van der Waals surface area contributed by atoms with Crippen LogP contribution in [0.5, 0.6) is 5.75 Å². The van der Waals surface area contributed by atoms with E-state index in [-0.39, 0.29) is 18.5 Å². The molecule has 1 aliphatic heterocycles. The minimum Gasteiger partial charge on any atom is -0.484 e. The molecule has 0 bridgehead atoms. The molecule has 0 fully saturated rings. The van der Waals surface area contributed by atoms with Crippen molar-refractivity contribution in [3.05, 3.63) is 49.1 Å². The number of ether oxygens (including phenoxy) is 1. The van der Waals surface area contributed by atoms with Crippen LogP contribution in [0.4, 0.5) is 0 Å². The second kappa shape index (κ2) is 6.95.